The molecule has 4 heterocycles. The van der Waals surface area contributed by atoms with Crippen LogP contribution in [0.5, 0.6) is 0 Å². The second kappa shape index (κ2) is 6.75. The van der Waals surface area contributed by atoms with Gasteiger partial charge in [-0.2, -0.15) is 0 Å². The van der Waals surface area contributed by atoms with Crippen LogP contribution >= 0.6 is 0 Å². The molecule has 0 aliphatic carbocycles. The van der Waals surface area contributed by atoms with Gasteiger partial charge in [-0.15, -0.1) is 0 Å². The molecule has 3 aromatic rings. The number of piperazine rings is 1. The summed E-state index contributed by atoms with van der Waals surface area (Å²) in [5, 5.41) is 3.84. The van der Waals surface area contributed by atoms with Crippen LogP contribution in [0, 0.1) is 0 Å². The Morgan fingerprint density at radius 2 is 1.88 bits per heavy atom. The van der Waals surface area contributed by atoms with E-state index in [1.165, 1.54) is 4.90 Å². The van der Waals surface area contributed by atoms with Crippen LogP contribution in [0.1, 0.15) is 10.5 Å². The summed E-state index contributed by atoms with van der Waals surface area (Å²) in [5.41, 5.74) is 1.63. The van der Waals surface area contributed by atoms with Gasteiger partial charge in [0, 0.05) is 43.3 Å². The Kier molecular flexibility index (Phi) is 4.14. The molecule has 1 aliphatic heterocycles. The highest BCUT2D eigenvalue weighted by Crippen LogP contribution is 2.21. The predicted molar refractivity (Wildman–Crippen MR) is 92.2 cm³/mol. The normalized spacial score (nSPS) is 14.5. The van der Waals surface area contributed by atoms with Gasteiger partial charge in [0.25, 0.3) is 5.91 Å². The molecule has 0 saturated carbocycles. The van der Waals surface area contributed by atoms with E-state index in [9.17, 15) is 9.59 Å². The lowest BCUT2D eigenvalue weighted by molar-refractivity contribution is -0.120. The maximum Gasteiger partial charge on any atom is 0.276 e. The minimum Gasteiger partial charge on any atom is -0.355 e. The number of anilines is 1. The highest BCUT2D eigenvalue weighted by Gasteiger charge is 2.30. The van der Waals surface area contributed by atoms with Crippen molar-refractivity contribution in [3.05, 3.63) is 60.8 Å². The summed E-state index contributed by atoms with van der Waals surface area (Å²) in [6.07, 6.45) is 6.57. The highest BCUT2D eigenvalue weighted by atomic mass is 16.5. The molecule has 8 heteroatoms. The fourth-order valence-electron chi connectivity index (χ4n) is 2.82. The number of pyridine rings is 2. The highest BCUT2D eigenvalue weighted by molar-refractivity contribution is 6.01. The summed E-state index contributed by atoms with van der Waals surface area (Å²) in [5.74, 6) is -0.0292. The number of hydrogen-bond donors (Lipinski definition) is 0. The summed E-state index contributed by atoms with van der Waals surface area (Å²) in [4.78, 5) is 36.2. The molecule has 0 unspecified atom stereocenters. The molecule has 1 saturated heterocycles. The largest absolute Gasteiger partial charge is 0.355 e. The van der Waals surface area contributed by atoms with Gasteiger partial charge < -0.3 is 14.3 Å². The summed E-state index contributed by atoms with van der Waals surface area (Å²) in [7, 11) is 0. The van der Waals surface area contributed by atoms with Gasteiger partial charge in [-0.3, -0.25) is 19.6 Å². The number of carbonyl (C=O) groups excluding carboxylic acids is 2. The van der Waals surface area contributed by atoms with Crippen LogP contribution in [0.4, 0.5) is 5.69 Å². The number of amides is 2. The van der Waals surface area contributed by atoms with Crippen molar-refractivity contribution < 1.29 is 14.1 Å². The van der Waals surface area contributed by atoms with E-state index in [4.69, 9.17) is 4.52 Å². The molecule has 0 atom stereocenters. The zero-order valence-corrected chi connectivity index (χ0v) is 13.8. The van der Waals surface area contributed by atoms with Crippen LogP contribution in [0.2, 0.25) is 0 Å². The summed E-state index contributed by atoms with van der Waals surface area (Å²) >= 11 is 0. The summed E-state index contributed by atoms with van der Waals surface area (Å²) < 4.78 is 5.24. The maximum atomic E-state index is 12.6. The Morgan fingerprint density at radius 1 is 1.08 bits per heavy atom. The van der Waals surface area contributed by atoms with Crippen LogP contribution in [-0.4, -0.2) is 51.5 Å². The van der Waals surface area contributed by atoms with Crippen LogP contribution in [-0.2, 0) is 4.79 Å². The van der Waals surface area contributed by atoms with E-state index < -0.39 is 0 Å². The standard InChI is InChI=1S/C18H15N5O3/c24-17-12-22(7-8-23(17)14-4-2-6-20-11-14)18(25)15-9-16(26-21-15)13-3-1-5-19-10-13/h1-6,9-11H,7-8,12H2. The molecule has 26 heavy (non-hydrogen) atoms. The molecule has 0 N–H and O–H groups in total. The van der Waals surface area contributed by atoms with E-state index in [1.54, 1.807) is 47.9 Å². The molecule has 3 aromatic heterocycles. The van der Waals surface area contributed by atoms with E-state index in [1.807, 2.05) is 12.1 Å². The first kappa shape index (κ1) is 15.9. The quantitative estimate of drug-likeness (QED) is 0.713. The van der Waals surface area contributed by atoms with Crippen molar-refractivity contribution in [3.63, 3.8) is 0 Å². The van der Waals surface area contributed by atoms with Crippen LogP contribution in [0.25, 0.3) is 11.3 Å². The molecule has 8 nitrogen and oxygen atoms in total. The van der Waals surface area contributed by atoms with E-state index in [2.05, 4.69) is 15.1 Å². The fraction of sp³-hybridized carbons (Fsp3) is 0.167. The molecule has 0 bridgehead atoms. The van der Waals surface area contributed by atoms with Crippen molar-refractivity contribution in [1.82, 2.24) is 20.0 Å². The summed E-state index contributed by atoms with van der Waals surface area (Å²) in [6, 6.07) is 8.75. The lowest BCUT2D eigenvalue weighted by atomic mass is 10.2. The number of carbonyl (C=O) groups is 2. The topological polar surface area (TPSA) is 92.4 Å². The van der Waals surface area contributed by atoms with Crippen LogP contribution in [0.15, 0.2) is 59.6 Å². The molecule has 0 aromatic carbocycles. The monoisotopic (exact) mass is 349 g/mol. The molecule has 0 radical (unpaired) electrons. The molecule has 1 fully saturated rings. The molecule has 130 valence electrons. The van der Waals surface area contributed by atoms with Crippen molar-refractivity contribution in [1.29, 1.82) is 0 Å². The first-order chi connectivity index (χ1) is 12.7. The predicted octanol–water partition coefficient (Wildman–Crippen LogP) is 1.62. The Bertz CT molecular complexity index is 926. The second-order valence-electron chi connectivity index (χ2n) is 5.80. The van der Waals surface area contributed by atoms with Gasteiger partial charge in [-0.05, 0) is 24.3 Å². The van der Waals surface area contributed by atoms with Crippen LogP contribution < -0.4 is 4.90 Å². The SMILES string of the molecule is O=C(c1cc(-c2cccnc2)on1)N1CCN(c2cccnc2)C(=O)C1. The zero-order chi connectivity index (χ0) is 17.9. The molecule has 2 amide bonds. The maximum absolute atomic E-state index is 12.6. The van der Waals surface area contributed by atoms with E-state index >= 15 is 0 Å². The van der Waals surface area contributed by atoms with Crippen molar-refractivity contribution in [3.8, 4) is 11.3 Å². The number of aromatic nitrogens is 3. The second-order valence-corrected chi connectivity index (χ2v) is 5.80. The Hall–Kier alpha value is -3.55. The smallest absolute Gasteiger partial charge is 0.276 e. The Balaban J connectivity index is 1.47. The minimum atomic E-state index is -0.330. The van der Waals surface area contributed by atoms with Gasteiger partial charge in [0.05, 0.1) is 11.9 Å². The van der Waals surface area contributed by atoms with Crippen molar-refractivity contribution in [2.45, 2.75) is 0 Å². The minimum absolute atomic E-state index is 0.0111. The first-order valence-corrected chi connectivity index (χ1v) is 8.09. The fourth-order valence-corrected chi connectivity index (χ4v) is 2.82. The molecular weight excluding hydrogens is 334 g/mol. The van der Waals surface area contributed by atoms with Crippen LogP contribution in [0.3, 0.4) is 0 Å². The first-order valence-electron chi connectivity index (χ1n) is 8.09. The molecule has 0 spiro atoms. The number of rotatable bonds is 3. The Morgan fingerprint density at radius 3 is 2.58 bits per heavy atom. The third-order valence-corrected chi connectivity index (χ3v) is 4.14. The third-order valence-electron chi connectivity index (χ3n) is 4.14. The third kappa shape index (κ3) is 3.04. The van der Waals surface area contributed by atoms with Gasteiger partial charge in [0.2, 0.25) is 5.91 Å². The van der Waals surface area contributed by atoms with Gasteiger partial charge in [0.15, 0.2) is 11.5 Å². The van der Waals surface area contributed by atoms with E-state index in [0.717, 1.165) is 11.3 Å². The summed E-state index contributed by atoms with van der Waals surface area (Å²) in [6.45, 7) is 0.806. The molecular formula is C18H15N5O3. The zero-order valence-electron chi connectivity index (χ0n) is 13.8. The number of hydrogen-bond acceptors (Lipinski definition) is 6. The average Bonchev–Trinajstić information content (AvgIpc) is 3.19. The van der Waals surface area contributed by atoms with Gasteiger partial charge in [0.1, 0.15) is 6.54 Å². The van der Waals surface area contributed by atoms with Crippen molar-refractivity contribution in [2.75, 3.05) is 24.5 Å². The molecule has 4 rings (SSSR count). The Labute approximate surface area is 149 Å². The van der Waals surface area contributed by atoms with Crippen molar-refractivity contribution >= 4 is 17.5 Å². The average molecular weight is 349 g/mol. The van der Waals surface area contributed by atoms with Crippen molar-refractivity contribution in [2.24, 2.45) is 0 Å². The van der Waals surface area contributed by atoms with Gasteiger partial charge in [-0.25, -0.2) is 0 Å². The molecule has 1 aliphatic rings. The number of nitrogens with zero attached hydrogens (tertiary/aromatic N) is 5. The lowest BCUT2D eigenvalue weighted by Gasteiger charge is -2.33. The van der Waals surface area contributed by atoms with E-state index in [0.29, 0.717) is 18.8 Å². The lowest BCUT2D eigenvalue weighted by Crippen LogP contribution is -2.52. The van der Waals surface area contributed by atoms with Gasteiger partial charge >= 0.3 is 0 Å². The van der Waals surface area contributed by atoms with E-state index in [-0.39, 0.29) is 24.1 Å². The van der Waals surface area contributed by atoms with Gasteiger partial charge in [-0.1, -0.05) is 5.16 Å².